The molecule has 1 aliphatic carbocycles. The summed E-state index contributed by atoms with van der Waals surface area (Å²) in [4.78, 5) is 12.5. The predicted molar refractivity (Wildman–Crippen MR) is 78.3 cm³/mol. The summed E-state index contributed by atoms with van der Waals surface area (Å²) in [6.07, 6.45) is 5.28. The van der Waals surface area contributed by atoms with Crippen molar-refractivity contribution >= 4 is 17.3 Å². The number of hydrogen-bond acceptors (Lipinski definition) is 3. The molecular formula is C15H18N4O. The summed E-state index contributed by atoms with van der Waals surface area (Å²) in [7, 11) is 0. The van der Waals surface area contributed by atoms with Gasteiger partial charge in [-0.2, -0.15) is 5.10 Å². The number of hydrogen-bond donors (Lipinski definition) is 2. The van der Waals surface area contributed by atoms with Crippen molar-refractivity contribution in [3.05, 3.63) is 42.2 Å². The predicted octanol–water partition coefficient (Wildman–Crippen LogP) is 2.16. The first-order valence-corrected chi connectivity index (χ1v) is 6.84. The van der Waals surface area contributed by atoms with Crippen molar-refractivity contribution in [1.29, 1.82) is 0 Å². The molecule has 0 spiro atoms. The van der Waals surface area contributed by atoms with Crippen LogP contribution in [0.2, 0.25) is 0 Å². The van der Waals surface area contributed by atoms with Crippen molar-refractivity contribution in [2.24, 2.45) is 0 Å². The molecule has 20 heavy (non-hydrogen) atoms. The van der Waals surface area contributed by atoms with Gasteiger partial charge in [0.25, 0.3) is 0 Å². The van der Waals surface area contributed by atoms with Crippen LogP contribution in [0.15, 0.2) is 36.7 Å². The second-order valence-corrected chi connectivity index (χ2v) is 5.24. The minimum absolute atomic E-state index is 0.0397. The minimum Gasteiger partial charge on any atom is -0.399 e. The zero-order valence-corrected chi connectivity index (χ0v) is 11.5. The van der Waals surface area contributed by atoms with Gasteiger partial charge in [0.05, 0.1) is 17.3 Å². The summed E-state index contributed by atoms with van der Waals surface area (Å²) < 4.78 is 1.79. The van der Waals surface area contributed by atoms with Crippen LogP contribution in [-0.4, -0.2) is 15.7 Å². The molecule has 3 N–H and O–H groups in total. The van der Waals surface area contributed by atoms with Gasteiger partial charge >= 0.3 is 0 Å². The Labute approximate surface area is 117 Å². The first-order chi connectivity index (χ1) is 9.64. The number of anilines is 2. The van der Waals surface area contributed by atoms with Crippen molar-refractivity contribution < 1.29 is 4.79 Å². The lowest BCUT2D eigenvalue weighted by Crippen LogP contribution is -2.27. The van der Waals surface area contributed by atoms with Gasteiger partial charge in [0, 0.05) is 18.4 Å². The highest BCUT2D eigenvalue weighted by Gasteiger charge is 2.51. The van der Waals surface area contributed by atoms with Crippen LogP contribution in [0.25, 0.3) is 0 Å². The Hall–Kier alpha value is -2.30. The number of nitrogens with zero attached hydrogens (tertiary/aromatic N) is 2. The fourth-order valence-electron chi connectivity index (χ4n) is 2.43. The quantitative estimate of drug-likeness (QED) is 0.836. The van der Waals surface area contributed by atoms with Gasteiger partial charge in [0.2, 0.25) is 5.91 Å². The van der Waals surface area contributed by atoms with E-state index in [0.29, 0.717) is 5.69 Å². The van der Waals surface area contributed by atoms with Crippen LogP contribution >= 0.6 is 0 Å². The molecule has 2 aromatic rings. The first kappa shape index (κ1) is 12.7. The van der Waals surface area contributed by atoms with E-state index < -0.39 is 0 Å². The first-order valence-electron chi connectivity index (χ1n) is 6.84. The lowest BCUT2D eigenvalue weighted by atomic mass is 9.94. The van der Waals surface area contributed by atoms with Gasteiger partial charge < -0.3 is 11.1 Å². The van der Waals surface area contributed by atoms with E-state index in [2.05, 4.69) is 10.4 Å². The van der Waals surface area contributed by atoms with Crippen LogP contribution in [0, 0.1) is 0 Å². The Morgan fingerprint density at radius 3 is 2.65 bits per heavy atom. The van der Waals surface area contributed by atoms with Crippen molar-refractivity contribution in [3.63, 3.8) is 0 Å². The van der Waals surface area contributed by atoms with E-state index in [0.717, 1.165) is 30.6 Å². The maximum Gasteiger partial charge on any atom is 0.235 e. The van der Waals surface area contributed by atoms with E-state index in [1.54, 1.807) is 10.9 Å². The number of aromatic nitrogens is 2. The summed E-state index contributed by atoms with van der Waals surface area (Å²) in [6.45, 7) is 2.80. The number of nitrogens with two attached hydrogens (primary N) is 1. The van der Waals surface area contributed by atoms with Crippen LogP contribution in [0.5, 0.6) is 0 Å². The van der Waals surface area contributed by atoms with Crippen LogP contribution in [0.3, 0.4) is 0 Å². The van der Waals surface area contributed by atoms with Crippen molar-refractivity contribution in [2.75, 3.05) is 11.1 Å². The largest absolute Gasteiger partial charge is 0.399 e. The number of benzene rings is 1. The fourth-order valence-corrected chi connectivity index (χ4v) is 2.43. The van der Waals surface area contributed by atoms with E-state index in [9.17, 15) is 4.79 Å². The maximum absolute atomic E-state index is 12.5. The van der Waals surface area contributed by atoms with Crippen LogP contribution in [0.1, 0.15) is 25.3 Å². The summed E-state index contributed by atoms with van der Waals surface area (Å²) in [5.74, 6) is 0.0397. The Kier molecular flexibility index (Phi) is 2.97. The van der Waals surface area contributed by atoms with Crippen molar-refractivity contribution in [3.8, 4) is 0 Å². The van der Waals surface area contributed by atoms with E-state index in [4.69, 9.17) is 5.73 Å². The average Bonchev–Trinajstić information content (AvgIpc) is 3.14. The molecule has 5 nitrogen and oxygen atoms in total. The monoisotopic (exact) mass is 270 g/mol. The van der Waals surface area contributed by atoms with Crippen LogP contribution in [-0.2, 0) is 16.8 Å². The molecule has 0 bridgehead atoms. The maximum atomic E-state index is 12.5. The third-order valence-electron chi connectivity index (χ3n) is 3.86. The summed E-state index contributed by atoms with van der Waals surface area (Å²) in [5, 5.41) is 7.12. The Balaban J connectivity index is 1.77. The Morgan fingerprint density at radius 2 is 2.10 bits per heavy atom. The summed E-state index contributed by atoms with van der Waals surface area (Å²) >= 11 is 0. The molecule has 1 heterocycles. The molecule has 104 valence electrons. The highest BCUT2D eigenvalue weighted by Crippen LogP contribution is 2.49. The van der Waals surface area contributed by atoms with E-state index in [-0.39, 0.29) is 11.3 Å². The van der Waals surface area contributed by atoms with Gasteiger partial charge in [0.15, 0.2) is 0 Å². The van der Waals surface area contributed by atoms with E-state index >= 15 is 0 Å². The number of carbonyl (C=O) groups excluding carboxylic acids is 1. The smallest absolute Gasteiger partial charge is 0.235 e. The second-order valence-electron chi connectivity index (χ2n) is 5.24. The van der Waals surface area contributed by atoms with E-state index in [1.807, 2.05) is 37.4 Å². The number of carbonyl (C=O) groups is 1. The molecule has 0 radical (unpaired) electrons. The van der Waals surface area contributed by atoms with Gasteiger partial charge in [-0.15, -0.1) is 0 Å². The SMILES string of the molecule is CCn1cc(NC(=O)C2(c3ccc(N)cc3)CC2)cn1. The molecule has 1 fully saturated rings. The normalized spacial score (nSPS) is 15.8. The molecule has 0 unspecified atom stereocenters. The Bertz CT molecular complexity index is 626. The standard InChI is InChI=1S/C15H18N4O/c1-2-19-10-13(9-17-19)18-14(20)15(7-8-15)11-3-5-12(16)6-4-11/h3-6,9-10H,2,7-8,16H2,1H3,(H,18,20). The van der Waals surface area contributed by atoms with Crippen molar-refractivity contribution in [1.82, 2.24) is 9.78 Å². The highest BCUT2D eigenvalue weighted by atomic mass is 16.2. The molecule has 1 aromatic carbocycles. The minimum atomic E-state index is -0.387. The molecule has 0 atom stereocenters. The molecule has 1 saturated carbocycles. The summed E-state index contributed by atoms with van der Waals surface area (Å²) in [5.41, 5.74) is 7.81. The number of aryl methyl sites for hydroxylation is 1. The van der Waals surface area contributed by atoms with Gasteiger partial charge in [-0.25, -0.2) is 0 Å². The molecule has 1 aliphatic rings. The van der Waals surface area contributed by atoms with Crippen LogP contribution < -0.4 is 11.1 Å². The number of rotatable bonds is 4. The topological polar surface area (TPSA) is 72.9 Å². The number of amides is 1. The molecule has 0 aliphatic heterocycles. The zero-order valence-electron chi connectivity index (χ0n) is 11.5. The number of nitrogens with one attached hydrogen (secondary N) is 1. The second kappa shape index (κ2) is 4.67. The van der Waals surface area contributed by atoms with Gasteiger partial charge in [0.1, 0.15) is 0 Å². The molecule has 3 rings (SSSR count). The Morgan fingerprint density at radius 1 is 1.40 bits per heavy atom. The molecule has 1 aromatic heterocycles. The van der Waals surface area contributed by atoms with E-state index in [1.165, 1.54) is 0 Å². The molecule has 1 amide bonds. The van der Waals surface area contributed by atoms with Crippen molar-refractivity contribution in [2.45, 2.75) is 31.7 Å². The lowest BCUT2D eigenvalue weighted by molar-refractivity contribution is -0.118. The zero-order chi connectivity index (χ0) is 14.2. The summed E-state index contributed by atoms with van der Waals surface area (Å²) in [6, 6.07) is 7.57. The lowest BCUT2D eigenvalue weighted by Gasteiger charge is -2.15. The third-order valence-corrected chi connectivity index (χ3v) is 3.86. The number of nitrogen functional groups attached to an aromatic ring is 1. The van der Waals surface area contributed by atoms with Gasteiger partial charge in [-0.05, 0) is 37.5 Å². The molecule has 0 saturated heterocycles. The molecular weight excluding hydrogens is 252 g/mol. The molecule has 5 heteroatoms. The third kappa shape index (κ3) is 2.15. The van der Waals surface area contributed by atoms with Gasteiger partial charge in [-0.1, -0.05) is 12.1 Å². The van der Waals surface area contributed by atoms with Crippen LogP contribution in [0.4, 0.5) is 11.4 Å². The van der Waals surface area contributed by atoms with Gasteiger partial charge in [-0.3, -0.25) is 9.48 Å². The fraction of sp³-hybridized carbons (Fsp3) is 0.333. The highest BCUT2D eigenvalue weighted by molar-refractivity contribution is 6.01. The average molecular weight is 270 g/mol.